The highest BCUT2D eigenvalue weighted by atomic mass is 35.5. The molecule has 0 bridgehead atoms. The van der Waals surface area contributed by atoms with Gasteiger partial charge < -0.3 is 4.90 Å². The molecule has 0 aliphatic carbocycles. The number of halogens is 7. The number of aromatic nitrogens is 3. The third kappa shape index (κ3) is 5.92. The average Bonchev–Trinajstić information content (AvgIpc) is 2.94. The zero-order valence-corrected chi connectivity index (χ0v) is 24.3. The van der Waals surface area contributed by atoms with Gasteiger partial charge in [-0.15, -0.1) is 0 Å². The summed E-state index contributed by atoms with van der Waals surface area (Å²) in [6.45, 7) is 5.44. The first-order valence-corrected chi connectivity index (χ1v) is 13.9. The van der Waals surface area contributed by atoms with E-state index in [4.69, 9.17) is 34.8 Å². The smallest absolute Gasteiger partial charge is 0.137 e. The van der Waals surface area contributed by atoms with E-state index in [0.29, 0.717) is 16.8 Å². The molecule has 4 heterocycles. The van der Waals surface area contributed by atoms with Crippen molar-refractivity contribution in [3.8, 4) is 11.3 Å². The number of rotatable bonds is 2. The van der Waals surface area contributed by atoms with E-state index in [0.717, 1.165) is 42.7 Å². The third-order valence-electron chi connectivity index (χ3n) is 6.98. The Labute approximate surface area is 248 Å². The molecule has 2 aromatic carbocycles. The van der Waals surface area contributed by atoms with Crippen LogP contribution in [-0.2, 0) is 0 Å². The SMILES string of the molecule is Cc1c(-c2ccc(N3CCCCC3)nc2)nc2cc(F)cc(F)c2c1Cl.Cc1c(Cl)nc2cc(F)cc(F)c2c1Cl. The zero-order chi connectivity index (χ0) is 29.4. The molecule has 0 radical (unpaired) electrons. The Morgan fingerprint density at radius 3 is 1.83 bits per heavy atom. The van der Waals surface area contributed by atoms with Gasteiger partial charge in [0.2, 0.25) is 0 Å². The molecule has 1 saturated heterocycles. The highest BCUT2D eigenvalue weighted by Gasteiger charge is 2.18. The number of pyridine rings is 3. The second-order valence-corrected chi connectivity index (χ2v) is 10.9. The minimum atomic E-state index is -0.734. The van der Waals surface area contributed by atoms with E-state index in [-0.39, 0.29) is 37.0 Å². The van der Waals surface area contributed by atoms with Gasteiger partial charge in [0.05, 0.1) is 37.5 Å². The molecule has 0 spiro atoms. The second kappa shape index (κ2) is 12.0. The summed E-state index contributed by atoms with van der Waals surface area (Å²) in [6, 6.07) is 7.78. The predicted molar refractivity (Wildman–Crippen MR) is 157 cm³/mol. The van der Waals surface area contributed by atoms with Gasteiger partial charge in [0.1, 0.15) is 34.2 Å². The molecular formula is C30H23Cl3F4N4. The molecule has 0 unspecified atom stereocenters. The van der Waals surface area contributed by atoms with E-state index in [1.807, 2.05) is 12.1 Å². The first kappa shape index (κ1) is 29.3. The summed E-state index contributed by atoms with van der Waals surface area (Å²) >= 11 is 18.0. The van der Waals surface area contributed by atoms with Gasteiger partial charge in [0.15, 0.2) is 0 Å². The van der Waals surface area contributed by atoms with Crippen molar-refractivity contribution in [3.63, 3.8) is 0 Å². The number of benzene rings is 2. The summed E-state index contributed by atoms with van der Waals surface area (Å²) < 4.78 is 54.0. The Balaban J connectivity index is 0.000000191. The van der Waals surface area contributed by atoms with E-state index in [9.17, 15) is 17.6 Å². The summed E-state index contributed by atoms with van der Waals surface area (Å²) in [6.07, 6.45) is 5.38. The molecule has 1 aliphatic heterocycles. The van der Waals surface area contributed by atoms with Crippen LogP contribution in [0.1, 0.15) is 30.4 Å². The molecule has 41 heavy (non-hydrogen) atoms. The molecule has 11 heteroatoms. The van der Waals surface area contributed by atoms with Gasteiger partial charge in [0.25, 0.3) is 0 Å². The number of nitrogens with zero attached hydrogens (tertiary/aromatic N) is 4. The normalized spacial score (nSPS) is 13.4. The molecule has 3 aromatic heterocycles. The zero-order valence-electron chi connectivity index (χ0n) is 22.0. The van der Waals surface area contributed by atoms with Gasteiger partial charge in [-0.05, 0) is 50.8 Å². The molecule has 6 rings (SSSR count). The van der Waals surface area contributed by atoms with Crippen LogP contribution in [0.25, 0.3) is 33.1 Å². The Bertz CT molecular complexity index is 1780. The van der Waals surface area contributed by atoms with Crippen LogP contribution >= 0.6 is 34.8 Å². The van der Waals surface area contributed by atoms with Crippen LogP contribution in [0, 0.1) is 37.1 Å². The largest absolute Gasteiger partial charge is 0.357 e. The fourth-order valence-electron chi connectivity index (χ4n) is 4.81. The standard InChI is InChI=1S/C20H18ClF2N3.C10H5Cl2F2N/c1-12-19(21)18-15(23)9-14(22)10-16(18)25-20(12)13-5-6-17(24-11-13)26-7-3-2-4-8-26;1-4-9(11)8-6(14)2-5(13)3-7(8)15-10(4)12/h5-6,9-11H,2-4,7-8H2,1H3;2-3H,1H3. The minimum Gasteiger partial charge on any atom is -0.357 e. The van der Waals surface area contributed by atoms with Gasteiger partial charge in [-0.3, -0.25) is 0 Å². The quantitative estimate of drug-likeness (QED) is 0.145. The molecule has 1 fully saturated rings. The Hall–Kier alpha value is -3.20. The van der Waals surface area contributed by atoms with Crippen molar-refractivity contribution in [1.29, 1.82) is 0 Å². The predicted octanol–water partition coefficient (Wildman–Crippen LogP) is 9.66. The Morgan fingerprint density at radius 1 is 0.707 bits per heavy atom. The van der Waals surface area contributed by atoms with Crippen LogP contribution < -0.4 is 4.90 Å². The van der Waals surface area contributed by atoms with Crippen molar-refractivity contribution in [1.82, 2.24) is 15.0 Å². The second-order valence-electron chi connectivity index (χ2n) is 9.76. The van der Waals surface area contributed by atoms with Gasteiger partial charge in [-0.25, -0.2) is 32.5 Å². The molecule has 4 nitrogen and oxygen atoms in total. The summed E-state index contributed by atoms with van der Waals surface area (Å²) in [5, 5.41) is 0.815. The lowest BCUT2D eigenvalue weighted by Gasteiger charge is -2.27. The number of fused-ring (bicyclic) bond motifs is 2. The molecule has 212 valence electrons. The molecule has 0 amide bonds. The fraction of sp³-hybridized carbons (Fsp3) is 0.233. The Kier molecular flexibility index (Phi) is 8.55. The van der Waals surface area contributed by atoms with Gasteiger partial charge in [-0.2, -0.15) is 0 Å². The number of hydrogen-bond acceptors (Lipinski definition) is 4. The first-order chi connectivity index (χ1) is 19.5. The monoisotopic (exact) mass is 620 g/mol. The molecular weight excluding hydrogens is 599 g/mol. The van der Waals surface area contributed by atoms with Crippen molar-refractivity contribution in [2.75, 3.05) is 18.0 Å². The van der Waals surface area contributed by atoms with E-state index >= 15 is 0 Å². The molecule has 5 aromatic rings. The summed E-state index contributed by atoms with van der Waals surface area (Å²) in [5.41, 5.74) is 2.82. The topological polar surface area (TPSA) is 41.9 Å². The van der Waals surface area contributed by atoms with Crippen LogP contribution in [0.5, 0.6) is 0 Å². The number of piperidine rings is 1. The van der Waals surface area contributed by atoms with E-state index in [2.05, 4.69) is 19.9 Å². The lowest BCUT2D eigenvalue weighted by atomic mass is 10.0. The van der Waals surface area contributed by atoms with Crippen molar-refractivity contribution in [2.24, 2.45) is 0 Å². The molecule has 1 aliphatic rings. The maximum absolute atomic E-state index is 14.1. The highest BCUT2D eigenvalue weighted by molar-refractivity contribution is 6.39. The number of hydrogen-bond donors (Lipinski definition) is 0. The van der Waals surface area contributed by atoms with Crippen LogP contribution in [0.15, 0.2) is 42.6 Å². The average molecular weight is 622 g/mol. The van der Waals surface area contributed by atoms with Crippen molar-refractivity contribution in [2.45, 2.75) is 33.1 Å². The van der Waals surface area contributed by atoms with Crippen molar-refractivity contribution < 1.29 is 17.6 Å². The highest BCUT2D eigenvalue weighted by Crippen LogP contribution is 2.35. The first-order valence-electron chi connectivity index (χ1n) is 12.8. The molecule has 0 atom stereocenters. The van der Waals surface area contributed by atoms with E-state index < -0.39 is 23.3 Å². The van der Waals surface area contributed by atoms with Crippen LogP contribution in [0.3, 0.4) is 0 Å². The number of anilines is 1. The Morgan fingerprint density at radius 2 is 1.27 bits per heavy atom. The molecule has 0 saturated carbocycles. The van der Waals surface area contributed by atoms with Gasteiger partial charge >= 0.3 is 0 Å². The van der Waals surface area contributed by atoms with Gasteiger partial charge in [-0.1, -0.05) is 34.8 Å². The van der Waals surface area contributed by atoms with Crippen molar-refractivity contribution in [3.05, 3.63) is 92.2 Å². The lowest BCUT2D eigenvalue weighted by molar-refractivity contribution is 0.573. The van der Waals surface area contributed by atoms with Gasteiger partial charge in [0, 0.05) is 54.7 Å². The van der Waals surface area contributed by atoms with Crippen LogP contribution in [0.4, 0.5) is 23.4 Å². The molecule has 0 N–H and O–H groups in total. The van der Waals surface area contributed by atoms with Crippen molar-refractivity contribution >= 4 is 62.4 Å². The lowest BCUT2D eigenvalue weighted by Crippen LogP contribution is -2.29. The maximum atomic E-state index is 14.1. The van der Waals surface area contributed by atoms with Crippen LogP contribution in [-0.4, -0.2) is 28.0 Å². The van der Waals surface area contributed by atoms with E-state index in [1.165, 1.54) is 25.3 Å². The third-order valence-corrected chi connectivity index (χ3v) is 8.30. The van der Waals surface area contributed by atoms with Crippen LogP contribution in [0.2, 0.25) is 15.2 Å². The van der Waals surface area contributed by atoms with E-state index in [1.54, 1.807) is 20.0 Å². The fourth-order valence-corrected chi connectivity index (χ4v) is 5.60. The summed E-state index contributed by atoms with van der Waals surface area (Å²) in [5.74, 6) is -1.88. The maximum Gasteiger partial charge on any atom is 0.137 e. The summed E-state index contributed by atoms with van der Waals surface area (Å²) in [4.78, 5) is 15.1. The summed E-state index contributed by atoms with van der Waals surface area (Å²) in [7, 11) is 0. The minimum absolute atomic E-state index is 0.0972.